The van der Waals surface area contributed by atoms with Gasteiger partial charge in [0, 0.05) is 36.0 Å². The third-order valence-corrected chi connectivity index (χ3v) is 6.54. The molecule has 0 fully saturated rings. The molecular formula is C29H32FN5O3S. The zero-order chi connectivity index (χ0) is 27.9. The number of anilines is 2. The Morgan fingerprint density at radius 2 is 2.00 bits per heavy atom. The highest BCUT2D eigenvalue weighted by atomic mass is 32.2. The number of carbonyl (C=O) groups excluding carboxylic acids is 1. The Labute approximate surface area is 231 Å². The number of H-pyrrole nitrogens is 1. The second-order valence-corrected chi connectivity index (χ2v) is 9.55. The number of carbonyl (C=O) groups is 1. The van der Waals surface area contributed by atoms with Crippen LogP contribution in [-0.4, -0.2) is 43.4 Å². The summed E-state index contributed by atoms with van der Waals surface area (Å²) in [5.41, 5.74) is 9.66. The number of benzene rings is 3. The van der Waals surface area contributed by atoms with Crippen molar-refractivity contribution in [2.24, 2.45) is 16.8 Å². The summed E-state index contributed by atoms with van der Waals surface area (Å²) in [6, 6.07) is 17.3. The molecule has 8 nitrogen and oxygen atoms in total. The van der Waals surface area contributed by atoms with E-state index in [4.69, 9.17) is 15.2 Å². The molecule has 4 aromatic rings. The molecule has 0 spiro atoms. The van der Waals surface area contributed by atoms with Crippen LogP contribution in [0.25, 0.3) is 10.9 Å². The summed E-state index contributed by atoms with van der Waals surface area (Å²) in [6.07, 6.45) is 3.55. The predicted octanol–water partition coefficient (Wildman–Crippen LogP) is 6.38. The number of rotatable bonds is 12. The van der Waals surface area contributed by atoms with Crippen LogP contribution in [-0.2, 0) is 0 Å². The fourth-order valence-corrected chi connectivity index (χ4v) is 4.52. The maximum Gasteiger partial charge on any atom is 0.187 e. The van der Waals surface area contributed by atoms with Crippen molar-refractivity contribution in [1.82, 2.24) is 4.98 Å². The number of ketones is 1. The maximum atomic E-state index is 14.0. The van der Waals surface area contributed by atoms with Gasteiger partial charge in [-0.25, -0.2) is 4.39 Å². The van der Waals surface area contributed by atoms with E-state index in [0.717, 1.165) is 27.8 Å². The molecule has 0 aliphatic heterocycles. The van der Waals surface area contributed by atoms with E-state index in [1.807, 2.05) is 43.5 Å². The summed E-state index contributed by atoms with van der Waals surface area (Å²) in [6.45, 7) is 4.53. The van der Waals surface area contributed by atoms with Crippen LogP contribution in [0.2, 0.25) is 0 Å². The quantitative estimate of drug-likeness (QED) is 0.0815. The molecule has 0 saturated carbocycles. The first-order valence-corrected chi connectivity index (χ1v) is 13.7. The van der Waals surface area contributed by atoms with Crippen LogP contribution in [0.15, 0.2) is 65.8 Å². The summed E-state index contributed by atoms with van der Waals surface area (Å²) in [4.78, 5) is 16.4. The minimum atomic E-state index is -0.493. The molecule has 10 heteroatoms. The fraction of sp³-hybridized carbons (Fsp3) is 0.241. The van der Waals surface area contributed by atoms with Gasteiger partial charge in [0.05, 0.1) is 36.6 Å². The highest BCUT2D eigenvalue weighted by Gasteiger charge is 2.18. The summed E-state index contributed by atoms with van der Waals surface area (Å²) in [7, 11) is 1.61. The van der Waals surface area contributed by atoms with Gasteiger partial charge in [-0.3, -0.25) is 9.80 Å². The van der Waals surface area contributed by atoms with Crippen molar-refractivity contribution in [3.63, 3.8) is 0 Å². The largest absolute Gasteiger partial charge is 0.494 e. The number of para-hydroxylation sites is 1. The van der Waals surface area contributed by atoms with E-state index >= 15 is 0 Å². The number of nitrogens with two attached hydrogens (primary N) is 1. The van der Waals surface area contributed by atoms with Gasteiger partial charge in [0.15, 0.2) is 17.3 Å². The lowest BCUT2D eigenvalue weighted by Gasteiger charge is -2.21. The number of hydrogen-bond acceptors (Lipinski definition) is 8. The number of aryl methyl sites for hydroxylation is 1. The molecule has 0 aliphatic rings. The number of fused-ring (bicyclic) bond motifs is 1. The van der Waals surface area contributed by atoms with Crippen molar-refractivity contribution >= 4 is 46.2 Å². The Bertz CT molecular complexity index is 1490. The van der Waals surface area contributed by atoms with Gasteiger partial charge >= 0.3 is 0 Å². The van der Waals surface area contributed by atoms with Crippen LogP contribution < -0.4 is 24.9 Å². The second-order valence-electron chi connectivity index (χ2n) is 8.94. The Hall–Kier alpha value is -4.02. The van der Waals surface area contributed by atoms with Gasteiger partial charge in [0.1, 0.15) is 11.5 Å². The van der Waals surface area contributed by atoms with Crippen LogP contribution >= 0.6 is 11.9 Å². The smallest absolute Gasteiger partial charge is 0.187 e. The number of halogens is 1. The average molecular weight is 550 g/mol. The fourth-order valence-electron chi connectivity index (χ4n) is 4.14. The number of nitrogens with one attached hydrogen (secondary N) is 2. The first-order valence-electron chi connectivity index (χ1n) is 12.4. The molecule has 0 bridgehead atoms. The molecule has 1 heterocycles. The minimum absolute atomic E-state index is 0.0913. The van der Waals surface area contributed by atoms with Gasteiger partial charge in [-0.05, 0) is 61.9 Å². The summed E-state index contributed by atoms with van der Waals surface area (Å²) >= 11 is 1.46. The lowest BCUT2D eigenvalue weighted by Crippen LogP contribution is -2.26. The van der Waals surface area contributed by atoms with Crippen molar-refractivity contribution < 1.29 is 18.7 Å². The summed E-state index contributed by atoms with van der Waals surface area (Å²) in [5, 5.41) is 7.25. The average Bonchev–Trinajstić information content (AvgIpc) is 3.34. The third kappa shape index (κ3) is 6.52. The molecule has 0 radical (unpaired) electrons. The molecule has 39 heavy (non-hydrogen) atoms. The molecular weight excluding hydrogens is 517 g/mol. The molecule has 1 atom stereocenters. The van der Waals surface area contributed by atoms with Gasteiger partial charge in [-0.15, -0.1) is 0 Å². The lowest BCUT2D eigenvalue weighted by molar-refractivity contribution is 0.0959. The van der Waals surface area contributed by atoms with Crippen LogP contribution in [0.4, 0.5) is 15.8 Å². The number of aromatic amines is 1. The molecule has 1 unspecified atom stereocenters. The van der Waals surface area contributed by atoms with E-state index in [0.29, 0.717) is 30.3 Å². The molecule has 0 saturated heterocycles. The lowest BCUT2D eigenvalue weighted by atomic mass is 10.1. The van der Waals surface area contributed by atoms with E-state index in [2.05, 4.69) is 14.8 Å². The Morgan fingerprint density at radius 1 is 1.21 bits per heavy atom. The molecule has 4 rings (SSSR count). The van der Waals surface area contributed by atoms with Gasteiger partial charge in [-0.2, -0.15) is 5.10 Å². The van der Waals surface area contributed by atoms with Gasteiger partial charge in [0.25, 0.3) is 0 Å². The standard InChI is InChI=1S/C29H32FN5O3S/c1-18-13-21(38-27-8-6-5-7-22(27)30)9-10-26(18)35(12-11-31)32-17-19(2)29(36)25-15-20-14-24(34-39-4)28(37-3)16-23(20)33-25/h5-10,13-17,19,33-34H,11-12,31H2,1-4H3/b32-17-. The van der Waals surface area contributed by atoms with Crippen LogP contribution in [0.3, 0.4) is 0 Å². The number of Topliss-reactive ketones (excluding diaryl/α,β-unsaturated/α-hetero) is 1. The SMILES string of the molecule is COc1cc2[nH]c(C(=O)C(C)/C=N\N(CCN)c3ccc(Oc4ccccc4F)cc3C)cc2cc1NSC. The zero-order valence-corrected chi connectivity index (χ0v) is 23.1. The monoisotopic (exact) mass is 549 g/mol. The molecule has 0 aliphatic carbocycles. The van der Waals surface area contributed by atoms with Crippen LogP contribution in [0, 0.1) is 18.7 Å². The topological polar surface area (TPSA) is 105 Å². The number of nitrogens with zero attached hydrogens (tertiary/aromatic N) is 2. The van der Waals surface area contributed by atoms with Crippen molar-refractivity contribution in [3.8, 4) is 17.2 Å². The summed E-state index contributed by atoms with van der Waals surface area (Å²) in [5.74, 6) is 0.331. The van der Waals surface area contributed by atoms with Gasteiger partial charge < -0.3 is 24.9 Å². The summed E-state index contributed by atoms with van der Waals surface area (Å²) < 4.78 is 28.3. The number of hydrogen-bond donors (Lipinski definition) is 3. The Balaban J connectivity index is 1.51. The highest BCUT2D eigenvalue weighted by Crippen LogP contribution is 2.33. The minimum Gasteiger partial charge on any atom is -0.494 e. The van der Waals surface area contributed by atoms with Crippen LogP contribution in [0.1, 0.15) is 23.0 Å². The number of aromatic nitrogens is 1. The third-order valence-electron chi connectivity index (χ3n) is 6.11. The Kier molecular flexibility index (Phi) is 9.11. The van der Waals surface area contributed by atoms with E-state index < -0.39 is 11.7 Å². The van der Waals surface area contributed by atoms with E-state index in [-0.39, 0.29) is 11.5 Å². The van der Waals surface area contributed by atoms with Crippen LogP contribution in [0.5, 0.6) is 17.2 Å². The predicted molar refractivity (Wildman–Crippen MR) is 158 cm³/mol. The normalized spacial score (nSPS) is 12.1. The van der Waals surface area contributed by atoms with Crippen molar-refractivity contribution in [2.75, 3.05) is 36.2 Å². The maximum absolute atomic E-state index is 14.0. The zero-order valence-electron chi connectivity index (χ0n) is 22.3. The Morgan fingerprint density at radius 3 is 2.69 bits per heavy atom. The molecule has 1 aromatic heterocycles. The number of hydrazone groups is 1. The van der Waals surface area contributed by atoms with E-state index in [1.54, 1.807) is 49.5 Å². The van der Waals surface area contributed by atoms with Crippen molar-refractivity contribution in [3.05, 3.63) is 77.7 Å². The molecule has 0 amide bonds. The highest BCUT2D eigenvalue weighted by molar-refractivity contribution is 7.99. The van der Waals surface area contributed by atoms with E-state index in [9.17, 15) is 9.18 Å². The van der Waals surface area contributed by atoms with Gasteiger partial charge in [0.2, 0.25) is 0 Å². The molecule has 3 aromatic carbocycles. The molecule has 204 valence electrons. The number of ether oxygens (including phenoxy) is 2. The van der Waals surface area contributed by atoms with Gasteiger partial charge in [-0.1, -0.05) is 24.1 Å². The molecule has 4 N–H and O–H groups in total. The van der Waals surface area contributed by atoms with Crippen molar-refractivity contribution in [2.45, 2.75) is 13.8 Å². The first kappa shape index (κ1) is 28.0. The number of methoxy groups -OCH3 is 1. The van der Waals surface area contributed by atoms with Crippen molar-refractivity contribution in [1.29, 1.82) is 0 Å². The van der Waals surface area contributed by atoms with E-state index in [1.165, 1.54) is 18.0 Å². The first-order chi connectivity index (χ1) is 18.8. The second kappa shape index (κ2) is 12.7.